The minimum Gasteiger partial charge on any atom is -0.489 e. The Bertz CT molecular complexity index is 1000. The number of ether oxygens (including phenoxy) is 1. The summed E-state index contributed by atoms with van der Waals surface area (Å²) in [5.74, 6) is 0.860. The molecule has 0 aliphatic carbocycles. The molecule has 2 aromatic carbocycles. The monoisotopic (exact) mass is 359 g/mol. The van der Waals surface area contributed by atoms with Crippen LogP contribution in [0.5, 0.6) is 5.75 Å². The lowest BCUT2D eigenvalue weighted by Gasteiger charge is -2.16. The predicted octanol–water partition coefficient (Wildman–Crippen LogP) is 3.05. The van der Waals surface area contributed by atoms with E-state index in [0.717, 1.165) is 29.8 Å². The molecular formula is C20H17N5O2. The van der Waals surface area contributed by atoms with Crippen molar-refractivity contribution in [2.75, 3.05) is 11.4 Å². The minimum atomic E-state index is 0.181. The Morgan fingerprint density at radius 2 is 2.04 bits per heavy atom. The maximum absolute atomic E-state index is 11.8. The molecule has 0 radical (unpaired) electrons. The number of benzene rings is 2. The second kappa shape index (κ2) is 7.30. The van der Waals surface area contributed by atoms with Crippen LogP contribution >= 0.6 is 0 Å². The maximum Gasteiger partial charge on any atom is 0.227 e. The predicted molar refractivity (Wildman–Crippen MR) is 98.9 cm³/mol. The zero-order chi connectivity index (χ0) is 18.6. The summed E-state index contributed by atoms with van der Waals surface area (Å²) in [4.78, 5) is 13.6. The zero-order valence-corrected chi connectivity index (χ0v) is 14.6. The van der Waals surface area contributed by atoms with Gasteiger partial charge >= 0.3 is 0 Å². The Kier molecular flexibility index (Phi) is 4.54. The third-order valence-electron chi connectivity index (χ3n) is 4.49. The van der Waals surface area contributed by atoms with E-state index in [4.69, 9.17) is 10.00 Å². The molecule has 7 heteroatoms. The van der Waals surface area contributed by atoms with Crippen molar-refractivity contribution in [1.82, 2.24) is 15.4 Å². The molecule has 0 spiro atoms. The van der Waals surface area contributed by atoms with E-state index in [1.807, 2.05) is 59.5 Å². The number of anilines is 1. The fourth-order valence-electron chi connectivity index (χ4n) is 3.10. The van der Waals surface area contributed by atoms with Gasteiger partial charge in [-0.3, -0.25) is 4.79 Å². The first-order valence-electron chi connectivity index (χ1n) is 8.68. The first-order chi connectivity index (χ1) is 13.2. The van der Waals surface area contributed by atoms with E-state index in [1.165, 1.54) is 0 Å². The molecule has 1 aliphatic rings. The van der Waals surface area contributed by atoms with E-state index in [0.29, 0.717) is 24.5 Å². The highest BCUT2D eigenvalue weighted by Crippen LogP contribution is 2.25. The summed E-state index contributed by atoms with van der Waals surface area (Å²) in [6.45, 7) is 1.19. The summed E-state index contributed by atoms with van der Waals surface area (Å²) in [5, 5.41) is 19.4. The van der Waals surface area contributed by atoms with E-state index in [9.17, 15) is 4.79 Å². The molecule has 0 bridgehead atoms. The highest BCUT2D eigenvalue weighted by atomic mass is 16.5. The van der Waals surface area contributed by atoms with Crippen LogP contribution in [0.1, 0.15) is 24.1 Å². The first kappa shape index (κ1) is 16.8. The molecule has 1 aliphatic heterocycles. The van der Waals surface area contributed by atoms with Crippen LogP contribution in [-0.2, 0) is 11.4 Å². The average Bonchev–Trinajstić information content (AvgIpc) is 3.36. The van der Waals surface area contributed by atoms with Crippen molar-refractivity contribution in [2.24, 2.45) is 0 Å². The fraction of sp³-hybridized carbons (Fsp3) is 0.200. The lowest BCUT2D eigenvalue weighted by Crippen LogP contribution is -2.23. The van der Waals surface area contributed by atoms with Gasteiger partial charge in [-0.05, 0) is 36.2 Å². The van der Waals surface area contributed by atoms with Gasteiger partial charge in [0.2, 0.25) is 5.91 Å². The number of carbonyl (C=O) groups is 1. The number of H-pyrrole nitrogens is 1. The van der Waals surface area contributed by atoms with Crippen molar-refractivity contribution in [3.8, 4) is 23.1 Å². The highest BCUT2D eigenvalue weighted by Gasteiger charge is 2.21. The number of rotatable bonds is 5. The number of aromatic nitrogens is 3. The van der Waals surface area contributed by atoms with E-state index in [-0.39, 0.29) is 11.6 Å². The number of nitriles is 1. The van der Waals surface area contributed by atoms with Gasteiger partial charge in [-0.2, -0.15) is 15.6 Å². The third kappa shape index (κ3) is 3.51. The number of amides is 1. The van der Waals surface area contributed by atoms with Crippen LogP contribution in [0.2, 0.25) is 0 Å². The Morgan fingerprint density at radius 1 is 1.19 bits per heavy atom. The van der Waals surface area contributed by atoms with Gasteiger partial charge in [0, 0.05) is 24.2 Å². The van der Waals surface area contributed by atoms with E-state index < -0.39 is 0 Å². The summed E-state index contributed by atoms with van der Waals surface area (Å²) >= 11 is 0. The lowest BCUT2D eigenvalue weighted by molar-refractivity contribution is -0.117. The molecule has 0 unspecified atom stereocenters. The van der Waals surface area contributed by atoms with Crippen molar-refractivity contribution >= 4 is 11.6 Å². The van der Waals surface area contributed by atoms with Gasteiger partial charge in [0.1, 0.15) is 24.1 Å². The summed E-state index contributed by atoms with van der Waals surface area (Å²) in [6, 6.07) is 17.2. The standard InChI is InChI=1S/C20H17N5O2/c21-12-18-20(23-24-22-18)15-3-1-4-17(11-15)27-13-14-6-8-16(9-7-14)25-10-2-5-19(25)26/h1,3-4,6-9,11H,2,5,10,13H2,(H,22,23,24). The van der Waals surface area contributed by atoms with Crippen LogP contribution in [0.15, 0.2) is 48.5 Å². The molecule has 1 N–H and O–H groups in total. The van der Waals surface area contributed by atoms with Crippen molar-refractivity contribution < 1.29 is 9.53 Å². The Balaban J connectivity index is 1.44. The molecule has 4 rings (SSSR count). The number of hydrogen-bond donors (Lipinski definition) is 1. The number of nitrogens with zero attached hydrogens (tertiary/aromatic N) is 4. The topological polar surface area (TPSA) is 94.9 Å². The van der Waals surface area contributed by atoms with E-state index in [2.05, 4.69) is 15.4 Å². The second-order valence-electron chi connectivity index (χ2n) is 6.26. The Morgan fingerprint density at radius 3 is 2.78 bits per heavy atom. The smallest absolute Gasteiger partial charge is 0.227 e. The molecule has 27 heavy (non-hydrogen) atoms. The van der Waals surface area contributed by atoms with Crippen LogP contribution in [-0.4, -0.2) is 27.9 Å². The summed E-state index contributed by atoms with van der Waals surface area (Å²) in [7, 11) is 0. The zero-order valence-electron chi connectivity index (χ0n) is 14.6. The molecule has 2 heterocycles. The summed E-state index contributed by atoms with van der Waals surface area (Å²) in [6.07, 6.45) is 1.54. The number of hydrogen-bond acceptors (Lipinski definition) is 5. The van der Waals surface area contributed by atoms with Crippen LogP contribution in [0.3, 0.4) is 0 Å². The van der Waals surface area contributed by atoms with Gasteiger partial charge < -0.3 is 9.64 Å². The third-order valence-corrected chi connectivity index (χ3v) is 4.49. The van der Waals surface area contributed by atoms with Crippen LogP contribution < -0.4 is 9.64 Å². The van der Waals surface area contributed by atoms with Crippen LogP contribution in [0.4, 0.5) is 5.69 Å². The quantitative estimate of drug-likeness (QED) is 0.755. The summed E-state index contributed by atoms with van der Waals surface area (Å²) < 4.78 is 5.87. The first-order valence-corrected chi connectivity index (χ1v) is 8.68. The molecule has 1 amide bonds. The number of nitrogens with one attached hydrogen (secondary N) is 1. The van der Waals surface area contributed by atoms with Crippen molar-refractivity contribution in [3.05, 3.63) is 59.8 Å². The van der Waals surface area contributed by atoms with Gasteiger partial charge in [-0.1, -0.05) is 24.3 Å². The summed E-state index contributed by atoms with van der Waals surface area (Å²) in [5.41, 5.74) is 3.45. The normalized spacial score (nSPS) is 13.6. The highest BCUT2D eigenvalue weighted by molar-refractivity contribution is 5.95. The molecule has 0 atom stereocenters. The van der Waals surface area contributed by atoms with Crippen molar-refractivity contribution in [2.45, 2.75) is 19.4 Å². The number of carbonyl (C=O) groups excluding carboxylic acids is 1. The van der Waals surface area contributed by atoms with Crippen molar-refractivity contribution in [1.29, 1.82) is 5.26 Å². The second-order valence-corrected chi connectivity index (χ2v) is 6.26. The minimum absolute atomic E-state index is 0.181. The van der Waals surface area contributed by atoms with Gasteiger partial charge in [0.25, 0.3) is 0 Å². The molecule has 134 valence electrons. The molecule has 0 saturated carbocycles. The number of aromatic amines is 1. The molecule has 1 aromatic heterocycles. The van der Waals surface area contributed by atoms with Crippen molar-refractivity contribution in [3.63, 3.8) is 0 Å². The van der Waals surface area contributed by atoms with Gasteiger partial charge in [0.15, 0.2) is 5.69 Å². The van der Waals surface area contributed by atoms with Crippen LogP contribution in [0, 0.1) is 11.3 Å². The van der Waals surface area contributed by atoms with Crippen LogP contribution in [0.25, 0.3) is 11.3 Å². The molecule has 3 aromatic rings. The SMILES string of the molecule is N#Cc1n[nH]nc1-c1cccc(OCc2ccc(N3CCCC3=O)cc2)c1. The molecule has 1 fully saturated rings. The Labute approximate surface area is 156 Å². The van der Waals surface area contributed by atoms with Gasteiger partial charge in [0.05, 0.1) is 0 Å². The Hall–Kier alpha value is -3.66. The van der Waals surface area contributed by atoms with E-state index >= 15 is 0 Å². The average molecular weight is 359 g/mol. The molecule has 1 saturated heterocycles. The largest absolute Gasteiger partial charge is 0.489 e. The van der Waals surface area contributed by atoms with Gasteiger partial charge in [-0.15, -0.1) is 5.10 Å². The van der Waals surface area contributed by atoms with E-state index in [1.54, 1.807) is 0 Å². The lowest BCUT2D eigenvalue weighted by atomic mass is 10.1. The van der Waals surface area contributed by atoms with Gasteiger partial charge in [-0.25, -0.2) is 0 Å². The maximum atomic E-state index is 11.8. The molecule has 7 nitrogen and oxygen atoms in total. The molecular weight excluding hydrogens is 342 g/mol. The fourth-order valence-corrected chi connectivity index (χ4v) is 3.10.